The summed E-state index contributed by atoms with van der Waals surface area (Å²) < 4.78 is 37.6. The van der Waals surface area contributed by atoms with Crippen LogP contribution in [0, 0.1) is 18.2 Å². The summed E-state index contributed by atoms with van der Waals surface area (Å²) in [5, 5.41) is 22.4. The maximum absolute atomic E-state index is 14.9. The monoisotopic (exact) mass is 700 g/mol. The molecule has 3 saturated heterocycles. The minimum atomic E-state index is -0.962. The third-order valence-electron chi connectivity index (χ3n) is 10.8. The normalized spacial score (nSPS) is 24.9. The fraction of sp³-hybridized carbons (Fsp3) is 0.500. The van der Waals surface area contributed by atoms with Gasteiger partial charge in [-0.25, -0.2) is 13.8 Å². The Morgan fingerprint density at radius 2 is 1.92 bits per heavy atom. The molecule has 5 heterocycles. The predicted octanol–water partition coefficient (Wildman–Crippen LogP) is 5.27. The van der Waals surface area contributed by atoms with Crippen molar-refractivity contribution >= 4 is 39.8 Å². The van der Waals surface area contributed by atoms with Crippen LogP contribution in [0.5, 0.6) is 11.8 Å². The molecule has 2 aromatic carbocycles. The topological polar surface area (TPSA) is 134 Å². The number of nitrogens with zero attached hydrogens (tertiary/aromatic N) is 6. The van der Waals surface area contributed by atoms with E-state index in [1.54, 1.807) is 6.92 Å². The van der Waals surface area contributed by atoms with E-state index in [0.717, 1.165) is 51.4 Å². The Hall–Kier alpha value is -4.67. The average molecular weight is 701 g/mol. The van der Waals surface area contributed by atoms with E-state index in [9.17, 15) is 23.8 Å². The number of anilines is 1. The van der Waals surface area contributed by atoms with Gasteiger partial charge in [0.05, 0.1) is 16.7 Å². The van der Waals surface area contributed by atoms with Gasteiger partial charge in [0.1, 0.15) is 36.1 Å². The number of hydrogen-bond acceptors (Lipinski definition) is 10. The molecule has 51 heavy (non-hydrogen) atoms. The summed E-state index contributed by atoms with van der Waals surface area (Å²) >= 11 is 0. The molecule has 2 N–H and O–H groups in total. The molecule has 0 radical (unpaired) electrons. The second-order valence-corrected chi connectivity index (χ2v) is 14.5. The van der Waals surface area contributed by atoms with Crippen LogP contribution >= 0.6 is 0 Å². The van der Waals surface area contributed by atoms with E-state index in [2.05, 4.69) is 10.8 Å². The van der Waals surface area contributed by atoms with Crippen molar-refractivity contribution in [3.8, 4) is 24.1 Å². The van der Waals surface area contributed by atoms with Crippen molar-refractivity contribution in [1.29, 1.82) is 0 Å². The molecule has 4 aliphatic rings. The Morgan fingerprint density at radius 3 is 2.63 bits per heavy atom. The lowest BCUT2D eigenvalue weighted by molar-refractivity contribution is -0.106. The molecular weight excluding hydrogens is 658 g/mol. The molecule has 11 nitrogen and oxygen atoms in total. The lowest BCUT2D eigenvalue weighted by Gasteiger charge is -2.38. The van der Waals surface area contributed by atoms with Gasteiger partial charge < -0.3 is 29.2 Å². The van der Waals surface area contributed by atoms with E-state index in [-0.39, 0.29) is 52.4 Å². The van der Waals surface area contributed by atoms with Gasteiger partial charge in [-0.1, -0.05) is 12.0 Å². The number of alkyl halides is 1. The smallest absolute Gasteiger partial charge is 0.320 e. The zero-order valence-corrected chi connectivity index (χ0v) is 28.9. The number of phenols is 1. The van der Waals surface area contributed by atoms with Gasteiger partial charge in [-0.05, 0) is 88.9 Å². The number of aromatic nitrogens is 4. The first-order chi connectivity index (χ1) is 24.5. The van der Waals surface area contributed by atoms with Gasteiger partial charge in [0.15, 0.2) is 17.3 Å². The molecule has 0 amide bonds. The van der Waals surface area contributed by atoms with Crippen molar-refractivity contribution < 1.29 is 33.3 Å². The highest BCUT2D eigenvalue weighted by Gasteiger charge is 2.49. The number of phenolic OH excluding ortho intramolecular Hbond substituents is 1. The summed E-state index contributed by atoms with van der Waals surface area (Å²) in [6.07, 6.45) is 11.7. The van der Waals surface area contributed by atoms with E-state index in [4.69, 9.17) is 30.9 Å². The number of rotatable bonds is 7. The van der Waals surface area contributed by atoms with Crippen LogP contribution in [0.25, 0.3) is 21.9 Å². The number of fused-ring (bicyclic) bond motifs is 3. The number of hydrogen-bond donors (Lipinski definition) is 2. The number of ether oxygens (including phenoxy) is 1. The van der Waals surface area contributed by atoms with E-state index in [0.29, 0.717) is 49.2 Å². The van der Waals surface area contributed by atoms with E-state index in [1.165, 1.54) is 31.2 Å². The molecule has 1 unspecified atom stereocenters. The summed E-state index contributed by atoms with van der Waals surface area (Å²) in [5.74, 6) is 1.60. The van der Waals surface area contributed by atoms with Crippen LogP contribution < -0.4 is 9.64 Å². The molecule has 4 aromatic rings. The third kappa shape index (κ3) is 6.29. The summed E-state index contributed by atoms with van der Waals surface area (Å²) in [4.78, 5) is 42.0. The predicted molar refractivity (Wildman–Crippen MR) is 188 cm³/mol. The molecule has 0 spiro atoms. The van der Waals surface area contributed by atoms with Gasteiger partial charge in [-0.3, -0.25) is 9.69 Å². The van der Waals surface area contributed by atoms with Crippen molar-refractivity contribution in [1.82, 2.24) is 24.4 Å². The van der Waals surface area contributed by atoms with Gasteiger partial charge in [0, 0.05) is 43.0 Å². The highest BCUT2D eigenvalue weighted by Crippen LogP contribution is 2.43. The van der Waals surface area contributed by atoms with E-state index < -0.39 is 28.9 Å². The lowest BCUT2D eigenvalue weighted by Crippen LogP contribution is -2.46. The Kier molecular flexibility index (Phi) is 9.18. The highest BCUT2D eigenvalue weighted by atomic mass is 19.1. The van der Waals surface area contributed by atoms with E-state index >= 15 is 0 Å². The van der Waals surface area contributed by atoms with Crippen LogP contribution in [-0.4, -0.2) is 96.8 Å². The van der Waals surface area contributed by atoms with Gasteiger partial charge in [-0.15, -0.1) is 6.42 Å². The molecule has 4 fully saturated rings. The fourth-order valence-corrected chi connectivity index (χ4v) is 8.33. The molecule has 0 bridgehead atoms. The maximum atomic E-state index is 14.9. The minimum Gasteiger partial charge on any atom is -0.508 e. The second-order valence-electron chi connectivity index (χ2n) is 14.5. The molecule has 13 heteroatoms. The largest absolute Gasteiger partial charge is 0.508 e. The molecule has 268 valence electrons. The lowest BCUT2D eigenvalue weighted by atomic mass is 9.91. The number of β-amino-alcohol motifs (C(OH)–C–C–N with tert-alkyl or cyclic N) is 1. The van der Waals surface area contributed by atoms with E-state index in [1.807, 2.05) is 9.47 Å². The van der Waals surface area contributed by atoms with Crippen LogP contribution in [0.15, 0.2) is 24.3 Å². The Balaban J connectivity index is 0.00000131. The molecule has 8 rings (SSSR count). The number of aromatic hydroxyl groups is 1. The van der Waals surface area contributed by atoms with Gasteiger partial charge in [-0.2, -0.15) is 9.97 Å². The number of piperidine rings is 1. The van der Waals surface area contributed by atoms with Crippen molar-refractivity contribution in [2.75, 3.05) is 37.7 Å². The van der Waals surface area contributed by atoms with Gasteiger partial charge in [0.25, 0.3) is 0 Å². The molecule has 3 aliphatic heterocycles. The van der Waals surface area contributed by atoms with Crippen LogP contribution in [0.3, 0.4) is 0 Å². The maximum Gasteiger partial charge on any atom is 0.320 e. The SMILES string of the molecule is C#Cc1c(F)ccc2cc(O)cc(C(=O)c3nc4nc(OC[C@@]56CCCN5CC(F)C6)nc(N5CCC[C@@](C)(O)C5)c4n3C3CCC3)c12.CC=O. The van der Waals surface area contributed by atoms with Crippen molar-refractivity contribution in [3.05, 3.63) is 47.0 Å². The van der Waals surface area contributed by atoms with Crippen LogP contribution in [0.1, 0.15) is 93.0 Å². The second kappa shape index (κ2) is 13.5. The van der Waals surface area contributed by atoms with Crippen LogP contribution in [0.4, 0.5) is 14.6 Å². The van der Waals surface area contributed by atoms with Gasteiger partial charge in [0.2, 0.25) is 5.78 Å². The number of carbonyl (C=O) groups is 2. The first-order valence-electron chi connectivity index (χ1n) is 17.6. The quantitative estimate of drug-likeness (QED) is 0.149. The Bertz CT molecular complexity index is 2060. The molecule has 3 atom stereocenters. The fourth-order valence-electron chi connectivity index (χ4n) is 8.33. The Morgan fingerprint density at radius 1 is 1.16 bits per heavy atom. The zero-order valence-electron chi connectivity index (χ0n) is 28.9. The first-order valence-corrected chi connectivity index (χ1v) is 17.6. The Labute approximate surface area is 294 Å². The van der Waals surface area contributed by atoms with Crippen molar-refractivity contribution in [2.24, 2.45) is 0 Å². The van der Waals surface area contributed by atoms with Crippen LogP contribution in [0.2, 0.25) is 0 Å². The average Bonchev–Trinajstić information content (AvgIpc) is 3.72. The summed E-state index contributed by atoms with van der Waals surface area (Å²) in [6.45, 7) is 5.60. The number of imidazole rings is 1. The number of aliphatic hydroxyl groups is 1. The number of halogens is 2. The van der Waals surface area contributed by atoms with Gasteiger partial charge >= 0.3 is 6.01 Å². The molecule has 1 aliphatic carbocycles. The minimum absolute atomic E-state index is 0.0302. The van der Waals surface area contributed by atoms with Crippen molar-refractivity contribution in [2.45, 2.75) is 88.6 Å². The summed E-state index contributed by atoms with van der Waals surface area (Å²) in [7, 11) is 0. The number of terminal acetylenes is 1. The van der Waals surface area contributed by atoms with Crippen molar-refractivity contribution in [3.63, 3.8) is 0 Å². The number of aldehydes is 1. The first kappa shape index (κ1) is 34.8. The standard InChI is InChI=1S/C36H38F2N6O4.C2H4O/c1-3-25-27(38)10-9-21-15-24(45)16-26(28(21)25)30(46)33-39-31-29(44(33)23-7-4-8-23)32(42-13-5-11-35(2,47)19-42)41-34(40-31)48-20-36-12-6-14-43(36)18-22(37)17-36;1-2-3/h1,9-10,15-16,22-23,45,47H,4-8,11-14,17-20H2,2H3;2H,1H3/t22?,35-,36+;/m1./s1. The zero-order chi connectivity index (χ0) is 36.1. The third-order valence-corrected chi connectivity index (χ3v) is 10.8. The molecule has 1 saturated carbocycles. The highest BCUT2D eigenvalue weighted by molar-refractivity contribution is 6.17. The summed E-state index contributed by atoms with van der Waals surface area (Å²) in [6, 6.07) is 5.43. The molecule has 2 aromatic heterocycles. The number of ketones is 1. The number of carbonyl (C=O) groups excluding carboxylic acids is 2. The van der Waals surface area contributed by atoms with Crippen LogP contribution in [-0.2, 0) is 4.79 Å². The number of benzene rings is 2. The molecular formula is C38H42F2N6O5. The summed E-state index contributed by atoms with van der Waals surface area (Å²) in [5.41, 5.74) is -0.625.